The van der Waals surface area contributed by atoms with Crippen LogP contribution in [-0.4, -0.2) is 37.5 Å². The molecule has 6 heteroatoms. The van der Waals surface area contributed by atoms with Gasteiger partial charge in [-0.1, -0.05) is 12.1 Å². The van der Waals surface area contributed by atoms with E-state index in [1.807, 2.05) is 11.9 Å². The highest BCUT2D eigenvalue weighted by Crippen LogP contribution is 2.30. The van der Waals surface area contributed by atoms with Gasteiger partial charge in [-0.05, 0) is 62.5 Å². The minimum atomic E-state index is -4.35. The molecule has 0 aliphatic carbocycles. The third-order valence-electron chi connectivity index (χ3n) is 4.33. The minimum Gasteiger partial charge on any atom is -0.339 e. The quantitative estimate of drug-likeness (QED) is 0.850. The number of halogens is 3. The lowest BCUT2D eigenvalue weighted by Crippen LogP contribution is -2.41. The van der Waals surface area contributed by atoms with Crippen molar-refractivity contribution in [3.8, 4) is 0 Å². The number of hydrogen-bond acceptors (Lipinski definition) is 2. The molecule has 132 valence electrons. The van der Waals surface area contributed by atoms with E-state index in [1.165, 1.54) is 18.2 Å². The summed E-state index contributed by atoms with van der Waals surface area (Å²) in [5, 5.41) is 3.14. The van der Waals surface area contributed by atoms with Crippen LogP contribution in [-0.2, 0) is 11.0 Å². The van der Waals surface area contributed by atoms with Crippen LogP contribution in [0.25, 0.3) is 5.57 Å². The molecule has 1 aromatic carbocycles. The molecular weight excluding hydrogens is 317 g/mol. The van der Waals surface area contributed by atoms with Gasteiger partial charge in [0.15, 0.2) is 0 Å². The fourth-order valence-corrected chi connectivity index (χ4v) is 3.00. The molecule has 1 aliphatic heterocycles. The number of rotatable bonds is 4. The molecule has 1 atom stereocenters. The fraction of sp³-hybridized carbons (Fsp3) is 0.500. The topological polar surface area (TPSA) is 32.3 Å². The zero-order chi connectivity index (χ0) is 17.7. The molecule has 3 nitrogen and oxygen atoms in total. The van der Waals surface area contributed by atoms with E-state index in [0.717, 1.165) is 44.6 Å². The van der Waals surface area contributed by atoms with Crippen molar-refractivity contribution >= 4 is 11.5 Å². The summed E-state index contributed by atoms with van der Waals surface area (Å²) in [7, 11) is 1.90. The van der Waals surface area contributed by atoms with Gasteiger partial charge in [0.05, 0.1) is 5.56 Å². The number of piperidine rings is 1. The van der Waals surface area contributed by atoms with Crippen LogP contribution in [0.3, 0.4) is 0 Å². The summed E-state index contributed by atoms with van der Waals surface area (Å²) in [4.78, 5) is 14.2. The van der Waals surface area contributed by atoms with Crippen LogP contribution < -0.4 is 5.32 Å². The van der Waals surface area contributed by atoms with E-state index >= 15 is 0 Å². The van der Waals surface area contributed by atoms with Gasteiger partial charge in [-0.3, -0.25) is 4.79 Å². The Hall–Kier alpha value is -1.82. The average Bonchev–Trinajstić information content (AvgIpc) is 2.54. The van der Waals surface area contributed by atoms with E-state index in [0.29, 0.717) is 17.1 Å². The summed E-state index contributed by atoms with van der Waals surface area (Å²) < 4.78 is 37.8. The van der Waals surface area contributed by atoms with E-state index in [2.05, 4.69) is 5.32 Å². The Morgan fingerprint density at radius 3 is 2.58 bits per heavy atom. The average molecular weight is 340 g/mol. The van der Waals surface area contributed by atoms with Crippen molar-refractivity contribution in [2.75, 3.05) is 26.7 Å². The standard InChI is InChI=1S/C18H23F3N2O/c1-13(15-5-7-16(8-6-15)18(19,20)21)10-17(24)23-9-3-4-14(12-23)11-22-2/h5-8,10,14,22H,3-4,9,11-12H2,1-2H3. The lowest BCUT2D eigenvalue weighted by Gasteiger charge is -2.32. The number of amides is 1. The fourth-order valence-electron chi connectivity index (χ4n) is 3.00. The molecule has 1 saturated heterocycles. The Morgan fingerprint density at radius 1 is 1.33 bits per heavy atom. The van der Waals surface area contributed by atoms with Crippen molar-refractivity contribution in [2.24, 2.45) is 5.92 Å². The maximum atomic E-state index is 12.6. The second-order valence-corrected chi connectivity index (χ2v) is 6.25. The molecule has 1 aromatic rings. The zero-order valence-corrected chi connectivity index (χ0v) is 14.0. The minimum absolute atomic E-state index is 0.0757. The molecule has 1 aliphatic rings. The number of nitrogens with zero attached hydrogens (tertiary/aromatic N) is 1. The van der Waals surface area contributed by atoms with E-state index in [9.17, 15) is 18.0 Å². The lowest BCUT2D eigenvalue weighted by molar-refractivity contribution is -0.137. The number of hydrogen-bond donors (Lipinski definition) is 1. The van der Waals surface area contributed by atoms with Crippen LogP contribution in [0.1, 0.15) is 30.9 Å². The third kappa shape index (κ3) is 4.84. The number of likely N-dealkylation sites (tertiary alicyclic amines) is 1. The number of benzene rings is 1. The highest BCUT2D eigenvalue weighted by molar-refractivity contribution is 5.94. The van der Waals surface area contributed by atoms with Gasteiger partial charge >= 0.3 is 6.18 Å². The Kier molecular flexibility index (Phi) is 6.04. The first-order valence-corrected chi connectivity index (χ1v) is 8.10. The molecule has 1 heterocycles. The van der Waals surface area contributed by atoms with Crippen molar-refractivity contribution in [1.82, 2.24) is 10.2 Å². The first-order chi connectivity index (χ1) is 11.3. The smallest absolute Gasteiger partial charge is 0.339 e. The third-order valence-corrected chi connectivity index (χ3v) is 4.33. The lowest BCUT2D eigenvalue weighted by atomic mass is 9.97. The van der Waals surface area contributed by atoms with Crippen LogP contribution in [0.4, 0.5) is 13.2 Å². The number of alkyl halides is 3. The molecule has 0 radical (unpaired) electrons. The van der Waals surface area contributed by atoms with Crippen molar-refractivity contribution in [3.63, 3.8) is 0 Å². The van der Waals surface area contributed by atoms with Crippen LogP contribution in [0.15, 0.2) is 30.3 Å². The monoisotopic (exact) mass is 340 g/mol. The van der Waals surface area contributed by atoms with Gasteiger partial charge in [0, 0.05) is 19.2 Å². The van der Waals surface area contributed by atoms with Crippen LogP contribution in [0.2, 0.25) is 0 Å². The summed E-state index contributed by atoms with van der Waals surface area (Å²) in [6, 6.07) is 4.89. The Labute approximate surface area is 140 Å². The summed E-state index contributed by atoms with van der Waals surface area (Å²) in [6.45, 7) is 4.08. The Balaban J connectivity index is 2.05. The van der Waals surface area contributed by atoms with Crippen molar-refractivity contribution in [1.29, 1.82) is 0 Å². The summed E-state index contributed by atoms with van der Waals surface area (Å²) in [5.74, 6) is 0.376. The largest absolute Gasteiger partial charge is 0.416 e. The van der Waals surface area contributed by atoms with E-state index in [1.54, 1.807) is 6.92 Å². The number of carbonyl (C=O) groups is 1. The first-order valence-electron chi connectivity index (χ1n) is 8.10. The molecule has 0 spiro atoms. The van der Waals surface area contributed by atoms with E-state index in [4.69, 9.17) is 0 Å². The molecule has 24 heavy (non-hydrogen) atoms. The highest BCUT2D eigenvalue weighted by atomic mass is 19.4. The van der Waals surface area contributed by atoms with Crippen molar-refractivity contribution in [3.05, 3.63) is 41.5 Å². The van der Waals surface area contributed by atoms with Gasteiger partial charge in [0.2, 0.25) is 5.91 Å². The summed E-state index contributed by atoms with van der Waals surface area (Å²) >= 11 is 0. The van der Waals surface area contributed by atoms with Gasteiger partial charge in [0.1, 0.15) is 0 Å². The van der Waals surface area contributed by atoms with E-state index in [-0.39, 0.29) is 5.91 Å². The summed E-state index contributed by atoms with van der Waals surface area (Å²) in [5.41, 5.74) is 0.612. The number of allylic oxidation sites excluding steroid dienone is 1. The predicted molar refractivity (Wildman–Crippen MR) is 88.3 cm³/mol. The first kappa shape index (κ1) is 18.5. The van der Waals surface area contributed by atoms with Crippen LogP contribution in [0, 0.1) is 5.92 Å². The van der Waals surface area contributed by atoms with Gasteiger partial charge in [-0.2, -0.15) is 13.2 Å². The second-order valence-electron chi connectivity index (χ2n) is 6.25. The molecule has 1 N–H and O–H groups in total. The highest BCUT2D eigenvalue weighted by Gasteiger charge is 2.30. The zero-order valence-electron chi connectivity index (χ0n) is 14.0. The van der Waals surface area contributed by atoms with E-state index < -0.39 is 11.7 Å². The SMILES string of the molecule is CNCC1CCCN(C(=O)C=C(C)c2ccc(C(F)(F)F)cc2)C1. The second kappa shape index (κ2) is 7.83. The predicted octanol–water partition coefficient (Wildman–Crippen LogP) is 3.57. The van der Waals surface area contributed by atoms with Gasteiger partial charge < -0.3 is 10.2 Å². The van der Waals surface area contributed by atoms with Crippen molar-refractivity contribution < 1.29 is 18.0 Å². The Morgan fingerprint density at radius 2 is 2.00 bits per heavy atom. The maximum Gasteiger partial charge on any atom is 0.416 e. The number of carbonyl (C=O) groups excluding carboxylic acids is 1. The molecule has 1 amide bonds. The van der Waals surface area contributed by atoms with Gasteiger partial charge in [-0.25, -0.2) is 0 Å². The van der Waals surface area contributed by atoms with Gasteiger partial charge in [-0.15, -0.1) is 0 Å². The van der Waals surface area contributed by atoms with Crippen molar-refractivity contribution in [2.45, 2.75) is 25.9 Å². The normalized spacial score (nSPS) is 19.5. The molecule has 1 fully saturated rings. The molecule has 0 aromatic heterocycles. The van der Waals surface area contributed by atoms with Crippen LogP contribution >= 0.6 is 0 Å². The molecule has 0 saturated carbocycles. The molecule has 2 rings (SSSR count). The number of nitrogens with one attached hydrogen (secondary N) is 1. The molecular formula is C18H23F3N2O. The van der Waals surface area contributed by atoms with Crippen LogP contribution in [0.5, 0.6) is 0 Å². The molecule has 1 unspecified atom stereocenters. The Bertz CT molecular complexity index is 591. The van der Waals surface area contributed by atoms with Gasteiger partial charge in [0.25, 0.3) is 0 Å². The maximum absolute atomic E-state index is 12.6. The molecule has 0 bridgehead atoms. The summed E-state index contributed by atoms with van der Waals surface area (Å²) in [6.07, 6.45) is -0.746.